The highest BCUT2D eigenvalue weighted by molar-refractivity contribution is 5.76. The van der Waals surface area contributed by atoms with Crippen LogP contribution in [0.1, 0.15) is 50.8 Å². The summed E-state index contributed by atoms with van der Waals surface area (Å²) in [5, 5.41) is 17.1. The quantitative estimate of drug-likeness (QED) is 0.847. The molecular weight excluding hydrogens is 342 g/mol. The van der Waals surface area contributed by atoms with Crippen LogP contribution in [0.25, 0.3) is 11.1 Å². The zero-order chi connectivity index (χ0) is 19.8. The molecule has 0 aliphatic heterocycles. The average Bonchev–Trinajstić information content (AvgIpc) is 2.55. The molecule has 6 nitrogen and oxygen atoms in total. The monoisotopic (exact) mass is 369 g/mol. The maximum atomic E-state index is 12.6. The fourth-order valence-electron chi connectivity index (χ4n) is 3.65. The van der Waals surface area contributed by atoms with Gasteiger partial charge in [-0.3, -0.25) is 9.59 Å². The molecule has 27 heavy (non-hydrogen) atoms. The Hall–Kier alpha value is -2.47. The molecule has 2 N–H and O–H groups in total. The second-order valence-corrected chi connectivity index (χ2v) is 8.08. The van der Waals surface area contributed by atoms with Gasteiger partial charge in [0.2, 0.25) is 5.91 Å². The molecule has 0 saturated heterocycles. The van der Waals surface area contributed by atoms with Gasteiger partial charge >= 0.3 is 0 Å². The van der Waals surface area contributed by atoms with Crippen molar-refractivity contribution in [2.75, 3.05) is 0 Å². The van der Waals surface area contributed by atoms with Crippen LogP contribution in [0.15, 0.2) is 35.1 Å². The van der Waals surface area contributed by atoms with E-state index in [1.807, 2.05) is 45.0 Å². The lowest BCUT2D eigenvalue weighted by Gasteiger charge is -2.41. The van der Waals surface area contributed by atoms with Gasteiger partial charge < -0.3 is 10.4 Å². The zero-order valence-electron chi connectivity index (χ0n) is 16.3. The summed E-state index contributed by atoms with van der Waals surface area (Å²) in [4.78, 5) is 24.9. The molecule has 6 heteroatoms. The first-order valence-electron chi connectivity index (χ1n) is 9.36. The Kier molecular flexibility index (Phi) is 5.20. The number of hydrogen-bond acceptors (Lipinski definition) is 4. The van der Waals surface area contributed by atoms with Gasteiger partial charge in [0.1, 0.15) is 6.54 Å². The van der Waals surface area contributed by atoms with E-state index in [1.165, 1.54) is 4.68 Å². The molecular formula is C21H27N3O3. The summed E-state index contributed by atoms with van der Waals surface area (Å²) in [6, 6.07) is 9.43. The van der Waals surface area contributed by atoms with Gasteiger partial charge in [-0.25, -0.2) is 4.68 Å². The maximum absolute atomic E-state index is 12.6. The molecule has 0 radical (unpaired) electrons. The highest BCUT2D eigenvalue weighted by Crippen LogP contribution is 2.31. The van der Waals surface area contributed by atoms with E-state index in [-0.39, 0.29) is 30.0 Å². The van der Waals surface area contributed by atoms with Crippen LogP contribution in [0.3, 0.4) is 0 Å². The number of nitrogens with one attached hydrogen (secondary N) is 1. The van der Waals surface area contributed by atoms with Crippen LogP contribution in [0.4, 0.5) is 0 Å². The Morgan fingerprint density at radius 2 is 2.00 bits per heavy atom. The average molecular weight is 369 g/mol. The summed E-state index contributed by atoms with van der Waals surface area (Å²) < 4.78 is 1.23. The molecule has 0 spiro atoms. The van der Waals surface area contributed by atoms with Crippen molar-refractivity contribution in [2.24, 2.45) is 0 Å². The molecule has 0 atom stereocenters. The van der Waals surface area contributed by atoms with Gasteiger partial charge in [-0.15, -0.1) is 0 Å². The van der Waals surface area contributed by atoms with E-state index >= 15 is 0 Å². The highest BCUT2D eigenvalue weighted by Gasteiger charge is 2.39. The number of carbonyl (C=O) groups excluding carboxylic acids is 1. The van der Waals surface area contributed by atoms with E-state index in [4.69, 9.17) is 0 Å². The SMILES string of the molecule is Cc1ccccc1-c1cc(=O)n(CC(=O)N[C@H]2C[C@@](C)(O)C2)nc1C(C)C. The second kappa shape index (κ2) is 7.27. The van der Waals surface area contributed by atoms with Gasteiger partial charge in [-0.1, -0.05) is 38.1 Å². The number of benzene rings is 1. The lowest BCUT2D eigenvalue weighted by Crippen LogP contribution is -2.54. The molecule has 1 fully saturated rings. The van der Waals surface area contributed by atoms with Gasteiger partial charge in [0, 0.05) is 17.7 Å². The number of rotatable bonds is 5. The molecule has 1 heterocycles. The van der Waals surface area contributed by atoms with E-state index < -0.39 is 5.60 Å². The van der Waals surface area contributed by atoms with Crippen LogP contribution in [-0.4, -0.2) is 32.4 Å². The topological polar surface area (TPSA) is 84.2 Å². The standard InChI is InChI=1S/C21H27N3O3/c1-13(2)20-17(16-8-6-5-7-14(16)3)9-19(26)24(23-20)12-18(25)22-15-10-21(4,27)11-15/h5-9,13,15,27H,10-12H2,1-4H3,(H,22,25)/t15-,21+. The van der Waals surface area contributed by atoms with Crippen LogP contribution in [-0.2, 0) is 11.3 Å². The molecule has 3 rings (SSSR count). The van der Waals surface area contributed by atoms with Crippen molar-refractivity contribution in [2.45, 2.75) is 64.6 Å². The summed E-state index contributed by atoms with van der Waals surface area (Å²) in [5.74, 6) is -0.153. The normalized spacial score (nSPS) is 21.8. The minimum absolute atomic E-state index is 0.0426. The lowest BCUT2D eigenvalue weighted by molar-refractivity contribution is -0.125. The molecule has 0 unspecified atom stereocenters. The number of aromatic nitrogens is 2. The lowest BCUT2D eigenvalue weighted by atomic mass is 9.77. The van der Waals surface area contributed by atoms with Crippen LogP contribution < -0.4 is 10.9 Å². The zero-order valence-corrected chi connectivity index (χ0v) is 16.3. The predicted octanol–water partition coefficient (Wildman–Crippen LogP) is 2.37. The first-order chi connectivity index (χ1) is 12.7. The predicted molar refractivity (Wildman–Crippen MR) is 105 cm³/mol. The Morgan fingerprint density at radius 3 is 2.59 bits per heavy atom. The van der Waals surface area contributed by atoms with Crippen LogP contribution in [0.5, 0.6) is 0 Å². The molecule has 144 valence electrons. The van der Waals surface area contributed by atoms with Crippen molar-refractivity contribution in [1.29, 1.82) is 0 Å². The van der Waals surface area contributed by atoms with Crippen LogP contribution in [0, 0.1) is 6.92 Å². The first kappa shape index (κ1) is 19.3. The Balaban J connectivity index is 1.85. The molecule has 1 aromatic carbocycles. The molecule has 1 amide bonds. The largest absolute Gasteiger partial charge is 0.390 e. The van der Waals surface area contributed by atoms with E-state index in [9.17, 15) is 14.7 Å². The fraction of sp³-hybridized carbons (Fsp3) is 0.476. The number of carbonyl (C=O) groups is 1. The maximum Gasteiger partial charge on any atom is 0.267 e. The smallest absolute Gasteiger partial charge is 0.267 e. The van der Waals surface area contributed by atoms with Gasteiger partial charge in [-0.2, -0.15) is 5.10 Å². The van der Waals surface area contributed by atoms with Gasteiger partial charge in [0.15, 0.2) is 0 Å². The van der Waals surface area contributed by atoms with Gasteiger partial charge in [0.05, 0.1) is 11.3 Å². The number of aryl methyl sites for hydroxylation is 1. The van der Waals surface area contributed by atoms with Crippen molar-refractivity contribution >= 4 is 5.91 Å². The molecule has 2 aromatic rings. The summed E-state index contributed by atoms with van der Waals surface area (Å²) in [6.45, 7) is 7.68. The van der Waals surface area contributed by atoms with Crippen molar-refractivity contribution < 1.29 is 9.90 Å². The fourth-order valence-corrected chi connectivity index (χ4v) is 3.65. The number of aliphatic hydroxyl groups is 1. The third-order valence-corrected chi connectivity index (χ3v) is 5.04. The van der Waals surface area contributed by atoms with Crippen molar-refractivity contribution in [3.05, 3.63) is 51.9 Å². The summed E-state index contributed by atoms with van der Waals surface area (Å²) in [7, 11) is 0. The van der Waals surface area contributed by atoms with Crippen molar-refractivity contribution in [1.82, 2.24) is 15.1 Å². The van der Waals surface area contributed by atoms with Crippen molar-refractivity contribution in [3.8, 4) is 11.1 Å². The molecule has 1 saturated carbocycles. The Labute approximate surface area is 159 Å². The number of nitrogens with zero attached hydrogens (tertiary/aromatic N) is 2. The summed E-state index contributed by atoms with van der Waals surface area (Å²) in [6.07, 6.45) is 1.06. The Bertz CT molecular complexity index is 907. The minimum atomic E-state index is -0.701. The van der Waals surface area contributed by atoms with E-state index in [0.717, 1.165) is 22.4 Å². The molecule has 0 bridgehead atoms. The highest BCUT2D eigenvalue weighted by atomic mass is 16.3. The van der Waals surface area contributed by atoms with Crippen LogP contribution in [0.2, 0.25) is 0 Å². The van der Waals surface area contributed by atoms with Gasteiger partial charge in [0.25, 0.3) is 5.56 Å². The van der Waals surface area contributed by atoms with E-state index in [0.29, 0.717) is 12.8 Å². The Morgan fingerprint density at radius 1 is 1.33 bits per heavy atom. The van der Waals surface area contributed by atoms with E-state index in [1.54, 1.807) is 13.0 Å². The third kappa shape index (κ3) is 4.27. The third-order valence-electron chi connectivity index (χ3n) is 5.04. The molecule has 1 aliphatic rings. The van der Waals surface area contributed by atoms with E-state index in [2.05, 4.69) is 10.4 Å². The number of hydrogen-bond donors (Lipinski definition) is 2. The van der Waals surface area contributed by atoms with Crippen molar-refractivity contribution in [3.63, 3.8) is 0 Å². The molecule has 1 aromatic heterocycles. The van der Waals surface area contributed by atoms with Gasteiger partial charge in [-0.05, 0) is 43.7 Å². The summed E-state index contributed by atoms with van der Waals surface area (Å²) in [5.41, 5.74) is 2.68. The van der Waals surface area contributed by atoms with Crippen LogP contribution >= 0.6 is 0 Å². The molecule has 1 aliphatic carbocycles. The minimum Gasteiger partial charge on any atom is -0.390 e. The first-order valence-corrected chi connectivity index (χ1v) is 9.36. The summed E-state index contributed by atoms with van der Waals surface area (Å²) >= 11 is 0. The number of amides is 1. The second-order valence-electron chi connectivity index (χ2n) is 8.08.